The van der Waals surface area contributed by atoms with Crippen molar-refractivity contribution in [3.63, 3.8) is 0 Å². The minimum absolute atomic E-state index is 0. The van der Waals surface area contributed by atoms with Gasteiger partial charge < -0.3 is 15.0 Å². The maximum Gasteiger partial charge on any atom is 0.260 e. The summed E-state index contributed by atoms with van der Waals surface area (Å²) in [6.07, 6.45) is 1.01. The molecule has 1 N–H and O–H groups in total. The first-order valence-corrected chi connectivity index (χ1v) is 7.32. The molecule has 0 saturated carbocycles. The van der Waals surface area contributed by atoms with Crippen LogP contribution in [0.25, 0.3) is 10.8 Å². The zero-order chi connectivity index (χ0) is 14.7. The molecule has 0 aliphatic carbocycles. The molecule has 1 fully saturated rings. The van der Waals surface area contributed by atoms with Crippen LogP contribution >= 0.6 is 12.4 Å². The third kappa shape index (κ3) is 3.70. The van der Waals surface area contributed by atoms with E-state index in [4.69, 9.17) is 4.74 Å². The van der Waals surface area contributed by atoms with Crippen LogP contribution in [0.3, 0.4) is 0 Å². The fourth-order valence-electron chi connectivity index (χ4n) is 2.68. The van der Waals surface area contributed by atoms with Crippen LogP contribution in [0.4, 0.5) is 0 Å². The summed E-state index contributed by atoms with van der Waals surface area (Å²) >= 11 is 0. The lowest BCUT2D eigenvalue weighted by Gasteiger charge is -2.23. The Labute approximate surface area is 136 Å². The van der Waals surface area contributed by atoms with Crippen molar-refractivity contribution in [3.05, 3.63) is 42.5 Å². The van der Waals surface area contributed by atoms with Gasteiger partial charge in [-0.1, -0.05) is 30.3 Å². The first-order valence-electron chi connectivity index (χ1n) is 7.32. The van der Waals surface area contributed by atoms with Gasteiger partial charge in [0.1, 0.15) is 5.75 Å². The number of amides is 1. The molecule has 0 spiro atoms. The van der Waals surface area contributed by atoms with Crippen LogP contribution in [0.5, 0.6) is 5.75 Å². The van der Waals surface area contributed by atoms with Gasteiger partial charge >= 0.3 is 0 Å². The van der Waals surface area contributed by atoms with E-state index < -0.39 is 0 Å². The maximum absolute atomic E-state index is 12.1. The Morgan fingerprint density at radius 3 is 2.77 bits per heavy atom. The van der Waals surface area contributed by atoms with Crippen LogP contribution in [0.1, 0.15) is 6.42 Å². The lowest BCUT2D eigenvalue weighted by Crippen LogP contribution is -2.40. The highest BCUT2D eigenvalue weighted by Gasteiger charge is 2.23. The first kappa shape index (κ1) is 16.6. The van der Waals surface area contributed by atoms with Gasteiger partial charge in [0.2, 0.25) is 0 Å². The second kappa shape index (κ2) is 7.47. The molecule has 0 aromatic heterocycles. The van der Waals surface area contributed by atoms with E-state index in [1.807, 2.05) is 43.4 Å². The second-order valence-electron chi connectivity index (χ2n) is 5.45. The molecular formula is C17H21ClN2O2. The van der Waals surface area contributed by atoms with E-state index in [2.05, 4.69) is 11.4 Å². The van der Waals surface area contributed by atoms with Crippen molar-refractivity contribution in [2.24, 2.45) is 0 Å². The number of ether oxygens (including phenoxy) is 1. The topological polar surface area (TPSA) is 41.6 Å². The highest BCUT2D eigenvalue weighted by atomic mass is 35.5. The summed E-state index contributed by atoms with van der Waals surface area (Å²) in [4.78, 5) is 13.9. The van der Waals surface area contributed by atoms with Crippen molar-refractivity contribution in [2.45, 2.75) is 12.5 Å². The SMILES string of the molecule is CN(C(=O)COc1ccc2ccccc2c1)C1CCNC1.Cl. The van der Waals surface area contributed by atoms with E-state index >= 15 is 0 Å². The molecule has 1 heterocycles. The Hall–Kier alpha value is -1.78. The standard InChI is InChI=1S/C17H20N2O2.ClH/c1-19(15-8-9-18-11-15)17(20)12-21-16-7-6-13-4-2-3-5-14(13)10-16;/h2-7,10,15,18H,8-9,11-12H2,1H3;1H. The van der Waals surface area contributed by atoms with Gasteiger partial charge in [-0.2, -0.15) is 0 Å². The van der Waals surface area contributed by atoms with Crippen LogP contribution < -0.4 is 10.1 Å². The summed E-state index contributed by atoms with van der Waals surface area (Å²) < 4.78 is 5.64. The molecule has 0 bridgehead atoms. The minimum atomic E-state index is 0. The van der Waals surface area contributed by atoms with E-state index in [0.717, 1.165) is 30.6 Å². The third-order valence-corrected chi connectivity index (χ3v) is 4.06. The number of halogens is 1. The summed E-state index contributed by atoms with van der Waals surface area (Å²) in [5.41, 5.74) is 0. The Morgan fingerprint density at radius 2 is 2.05 bits per heavy atom. The molecule has 1 aliphatic rings. The highest BCUT2D eigenvalue weighted by Crippen LogP contribution is 2.20. The zero-order valence-electron chi connectivity index (χ0n) is 12.6. The number of likely N-dealkylation sites (N-methyl/N-ethyl adjacent to an activating group) is 1. The third-order valence-electron chi connectivity index (χ3n) is 4.06. The zero-order valence-corrected chi connectivity index (χ0v) is 13.4. The smallest absolute Gasteiger partial charge is 0.260 e. The lowest BCUT2D eigenvalue weighted by atomic mass is 10.1. The van der Waals surface area contributed by atoms with Crippen molar-refractivity contribution in [3.8, 4) is 5.75 Å². The van der Waals surface area contributed by atoms with Gasteiger partial charge in [0.25, 0.3) is 5.91 Å². The van der Waals surface area contributed by atoms with Crippen LogP contribution in [0, 0.1) is 0 Å². The number of benzene rings is 2. The summed E-state index contributed by atoms with van der Waals surface area (Å²) in [6, 6.07) is 14.3. The van der Waals surface area contributed by atoms with Gasteiger partial charge in [0.15, 0.2) is 6.61 Å². The van der Waals surface area contributed by atoms with Crippen LogP contribution in [-0.4, -0.2) is 43.6 Å². The minimum Gasteiger partial charge on any atom is -0.484 e. The normalized spacial score (nSPS) is 17.0. The number of fused-ring (bicyclic) bond motifs is 1. The summed E-state index contributed by atoms with van der Waals surface area (Å²) in [5.74, 6) is 0.761. The lowest BCUT2D eigenvalue weighted by molar-refractivity contribution is -0.133. The number of hydrogen-bond acceptors (Lipinski definition) is 3. The molecule has 118 valence electrons. The average Bonchev–Trinajstić information content (AvgIpc) is 3.06. The summed E-state index contributed by atoms with van der Waals surface area (Å²) in [7, 11) is 1.85. The molecule has 2 aromatic carbocycles. The summed E-state index contributed by atoms with van der Waals surface area (Å²) in [6.45, 7) is 1.94. The fourth-order valence-corrected chi connectivity index (χ4v) is 2.68. The van der Waals surface area contributed by atoms with Crippen molar-refractivity contribution in [2.75, 3.05) is 26.7 Å². The molecule has 2 aromatic rings. The number of carbonyl (C=O) groups is 1. The number of hydrogen-bond donors (Lipinski definition) is 1. The molecule has 1 atom stereocenters. The van der Waals surface area contributed by atoms with Crippen molar-refractivity contribution >= 4 is 29.1 Å². The molecule has 0 radical (unpaired) electrons. The van der Waals surface area contributed by atoms with Gasteiger partial charge in [0.05, 0.1) is 0 Å². The predicted molar refractivity (Wildman–Crippen MR) is 90.7 cm³/mol. The largest absolute Gasteiger partial charge is 0.484 e. The van der Waals surface area contributed by atoms with E-state index in [1.165, 1.54) is 5.39 Å². The molecule has 4 nitrogen and oxygen atoms in total. The van der Waals surface area contributed by atoms with Gasteiger partial charge in [-0.05, 0) is 35.9 Å². The molecule has 22 heavy (non-hydrogen) atoms. The van der Waals surface area contributed by atoms with E-state index in [-0.39, 0.29) is 31.0 Å². The van der Waals surface area contributed by atoms with E-state index in [1.54, 1.807) is 4.90 Å². The van der Waals surface area contributed by atoms with Crippen molar-refractivity contribution < 1.29 is 9.53 Å². The molecule has 3 rings (SSSR count). The highest BCUT2D eigenvalue weighted by molar-refractivity contribution is 5.85. The molecule has 1 unspecified atom stereocenters. The van der Waals surface area contributed by atoms with Gasteiger partial charge in [-0.25, -0.2) is 0 Å². The molecule has 5 heteroatoms. The second-order valence-corrected chi connectivity index (χ2v) is 5.45. The summed E-state index contributed by atoms with van der Waals surface area (Å²) in [5, 5.41) is 5.56. The van der Waals surface area contributed by atoms with Crippen LogP contribution in [0.2, 0.25) is 0 Å². The Kier molecular flexibility index (Phi) is 5.63. The Bertz CT molecular complexity index is 641. The maximum atomic E-state index is 12.1. The monoisotopic (exact) mass is 320 g/mol. The van der Waals surface area contributed by atoms with Crippen molar-refractivity contribution in [1.29, 1.82) is 0 Å². The van der Waals surface area contributed by atoms with Crippen LogP contribution in [-0.2, 0) is 4.79 Å². The quantitative estimate of drug-likeness (QED) is 0.941. The van der Waals surface area contributed by atoms with E-state index in [9.17, 15) is 4.79 Å². The number of nitrogens with zero attached hydrogens (tertiary/aromatic N) is 1. The fraction of sp³-hybridized carbons (Fsp3) is 0.353. The average molecular weight is 321 g/mol. The van der Waals surface area contributed by atoms with Crippen LogP contribution in [0.15, 0.2) is 42.5 Å². The van der Waals surface area contributed by atoms with Crippen molar-refractivity contribution in [1.82, 2.24) is 10.2 Å². The first-order chi connectivity index (χ1) is 10.2. The van der Waals surface area contributed by atoms with Gasteiger partial charge in [-0.3, -0.25) is 4.79 Å². The molecule has 1 saturated heterocycles. The number of rotatable bonds is 4. The van der Waals surface area contributed by atoms with Gasteiger partial charge in [-0.15, -0.1) is 12.4 Å². The number of nitrogens with one attached hydrogen (secondary N) is 1. The Morgan fingerprint density at radius 1 is 1.27 bits per heavy atom. The number of carbonyl (C=O) groups excluding carboxylic acids is 1. The van der Waals surface area contributed by atoms with E-state index in [0.29, 0.717) is 0 Å². The molecule has 1 aliphatic heterocycles. The van der Waals surface area contributed by atoms with Gasteiger partial charge in [0, 0.05) is 19.6 Å². The predicted octanol–water partition coefficient (Wildman–Crippen LogP) is 2.46. The molecular weight excluding hydrogens is 300 g/mol. The molecule has 1 amide bonds. The Balaban J connectivity index is 0.00000176.